The Bertz CT molecular complexity index is 1560. The minimum Gasteiger partial charge on any atom is -0.478 e. The van der Waals surface area contributed by atoms with E-state index in [1.54, 1.807) is 35.7 Å². The molecule has 42 heavy (non-hydrogen) atoms. The summed E-state index contributed by atoms with van der Waals surface area (Å²) in [6.45, 7) is 17.4. The first-order valence-electron chi connectivity index (χ1n) is 13.8. The van der Waals surface area contributed by atoms with E-state index in [9.17, 15) is 14.7 Å². The molecule has 0 spiro atoms. The number of allylic oxidation sites excluding steroid dienone is 3. The Kier molecular flexibility index (Phi) is 16.6. The van der Waals surface area contributed by atoms with Crippen molar-refractivity contribution in [2.75, 3.05) is 5.32 Å². The fraction of sp³-hybridized carbons (Fsp3) is 0.235. The molecule has 3 aromatic heterocycles. The molecule has 8 heteroatoms. The number of thiophene rings is 1. The maximum atomic E-state index is 12.7. The molecule has 0 bridgehead atoms. The molecule has 0 saturated heterocycles. The van der Waals surface area contributed by atoms with Crippen molar-refractivity contribution in [3.63, 3.8) is 0 Å². The van der Waals surface area contributed by atoms with E-state index in [0.717, 1.165) is 21.7 Å². The number of aromatic carboxylic acids is 1. The van der Waals surface area contributed by atoms with Crippen molar-refractivity contribution in [2.45, 2.75) is 54.9 Å². The van der Waals surface area contributed by atoms with Crippen LogP contribution in [-0.4, -0.2) is 17.0 Å². The molecular formula is C34H40BrNO5S. The normalized spacial score (nSPS) is 9.81. The van der Waals surface area contributed by atoms with Crippen LogP contribution in [0.5, 0.6) is 0 Å². The number of benzene rings is 2. The Balaban J connectivity index is 0.000000639. The number of carboxylic acid groups (broad SMARTS) is 1. The van der Waals surface area contributed by atoms with Crippen molar-refractivity contribution in [3.05, 3.63) is 101 Å². The van der Waals surface area contributed by atoms with Crippen LogP contribution in [0.25, 0.3) is 32.6 Å². The van der Waals surface area contributed by atoms with Gasteiger partial charge in [0, 0.05) is 20.6 Å². The molecule has 5 rings (SSSR count). The SMILES string of the molecule is C/C=C\CC.C=CC.CC.CC.O=C(Nc1csc(-c2cc3cc(Br)ccc3o2)c1C(=O)O)c1cc2ccccc2o1. The van der Waals surface area contributed by atoms with Crippen LogP contribution in [-0.2, 0) is 0 Å². The van der Waals surface area contributed by atoms with Gasteiger partial charge in [-0.05, 0) is 56.7 Å². The summed E-state index contributed by atoms with van der Waals surface area (Å²) < 4.78 is 12.3. The highest BCUT2D eigenvalue weighted by Crippen LogP contribution is 2.39. The molecule has 2 N–H and O–H groups in total. The Labute approximate surface area is 260 Å². The lowest BCUT2D eigenvalue weighted by atomic mass is 10.1. The number of carbonyl (C=O) groups excluding carboxylic acids is 1. The molecule has 3 heterocycles. The maximum Gasteiger partial charge on any atom is 0.339 e. The fourth-order valence-corrected chi connectivity index (χ4v) is 4.81. The number of anilines is 1. The predicted molar refractivity (Wildman–Crippen MR) is 182 cm³/mol. The molecule has 0 fully saturated rings. The summed E-state index contributed by atoms with van der Waals surface area (Å²) in [7, 11) is 0. The van der Waals surface area contributed by atoms with Crippen LogP contribution in [0.15, 0.2) is 98.1 Å². The van der Waals surface area contributed by atoms with E-state index in [4.69, 9.17) is 8.83 Å². The molecule has 5 aromatic rings. The van der Waals surface area contributed by atoms with Crippen LogP contribution in [0, 0.1) is 0 Å². The van der Waals surface area contributed by atoms with Crippen LogP contribution < -0.4 is 5.32 Å². The summed E-state index contributed by atoms with van der Waals surface area (Å²) in [5, 5.41) is 15.7. The van der Waals surface area contributed by atoms with Crippen molar-refractivity contribution in [2.24, 2.45) is 0 Å². The smallest absolute Gasteiger partial charge is 0.339 e. The summed E-state index contributed by atoms with van der Waals surface area (Å²) >= 11 is 4.60. The number of hydrogen-bond acceptors (Lipinski definition) is 5. The van der Waals surface area contributed by atoms with Crippen molar-refractivity contribution >= 4 is 66.8 Å². The zero-order valence-electron chi connectivity index (χ0n) is 25.3. The molecule has 224 valence electrons. The minimum absolute atomic E-state index is 0.0254. The van der Waals surface area contributed by atoms with Gasteiger partial charge >= 0.3 is 5.97 Å². The van der Waals surface area contributed by atoms with Crippen molar-refractivity contribution in [1.29, 1.82) is 0 Å². The Hall–Kier alpha value is -3.88. The third-order valence-electron chi connectivity index (χ3n) is 5.08. The van der Waals surface area contributed by atoms with Crippen LogP contribution in [0.2, 0.25) is 0 Å². The van der Waals surface area contributed by atoms with Gasteiger partial charge in [-0.2, -0.15) is 0 Å². The first-order valence-corrected chi connectivity index (χ1v) is 15.5. The lowest BCUT2D eigenvalue weighted by Crippen LogP contribution is -2.13. The predicted octanol–water partition coefficient (Wildman–Crippen LogP) is 11.8. The van der Waals surface area contributed by atoms with E-state index in [2.05, 4.69) is 46.9 Å². The third kappa shape index (κ3) is 9.89. The topological polar surface area (TPSA) is 92.7 Å². The fourth-order valence-electron chi connectivity index (χ4n) is 3.48. The van der Waals surface area contributed by atoms with Gasteiger partial charge < -0.3 is 19.3 Å². The largest absolute Gasteiger partial charge is 0.478 e. The summed E-state index contributed by atoms with van der Waals surface area (Å²) in [5.41, 5.74) is 1.39. The molecule has 0 radical (unpaired) electrons. The number of rotatable bonds is 5. The van der Waals surface area contributed by atoms with Crippen LogP contribution >= 0.6 is 27.3 Å². The molecule has 1 amide bonds. The lowest BCUT2D eigenvalue weighted by Gasteiger charge is -2.03. The second-order valence-electron chi connectivity index (χ2n) is 7.94. The van der Waals surface area contributed by atoms with Crippen LogP contribution in [0.1, 0.15) is 75.8 Å². The summed E-state index contributed by atoms with van der Waals surface area (Å²) in [5.74, 6) is -1.15. The number of furan rings is 2. The second kappa shape index (κ2) is 19.3. The van der Waals surface area contributed by atoms with E-state index >= 15 is 0 Å². The van der Waals surface area contributed by atoms with Gasteiger partial charge in [0.25, 0.3) is 5.91 Å². The molecule has 0 aliphatic carbocycles. The molecule has 0 unspecified atom stereocenters. The summed E-state index contributed by atoms with van der Waals surface area (Å²) in [4.78, 5) is 25.1. The number of carboxylic acids is 1. The molecule has 0 atom stereocenters. The summed E-state index contributed by atoms with van der Waals surface area (Å²) in [6, 6.07) is 16.2. The minimum atomic E-state index is -1.16. The third-order valence-corrected chi connectivity index (χ3v) is 6.56. The number of carbonyl (C=O) groups is 2. The number of hydrogen-bond donors (Lipinski definition) is 2. The van der Waals surface area contributed by atoms with Gasteiger partial charge in [0.1, 0.15) is 22.5 Å². The zero-order valence-corrected chi connectivity index (χ0v) is 27.7. The van der Waals surface area contributed by atoms with Gasteiger partial charge in [0.15, 0.2) is 5.76 Å². The molecule has 0 saturated carbocycles. The number of amides is 1. The second-order valence-corrected chi connectivity index (χ2v) is 9.73. The van der Waals surface area contributed by atoms with Crippen LogP contribution in [0.3, 0.4) is 0 Å². The first kappa shape index (κ1) is 36.1. The molecule has 0 aliphatic rings. The average molecular weight is 655 g/mol. The van der Waals surface area contributed by atoms with Crippen molar-refractivity contribution in [1.82, 2.24) is 0 Å². The van der Waals surface area contributed by atoms with Gasteiger partial charge in [-0.25, -0.2) is 4.79 Å². The van der Waals surface area contributed by atoms with Gasteiger partial charge in [0.2, 0.25) is 0 Å². The van der Waals surface area contributed by atoms with Gasteiger partial charge in [0.05, 0.1) is 10.6 Å². The highest BCUT2D eigenvalue weighted by Gasteiger charge is 2.24. The highest BCUT2D eigenvalue weighted by atomic mass is 79.9. The van der Waals surface area contributed by atoms with Gasteiger partial charge in [-0.15, -0.1) is 17.9 Å². The van der Waals surface area contributed by atoms with E-state index in [1.807, 2.05) is 71.9 Å². The summed E-state index contributed by atoms with van der Waals surface area (Å²) in [6.07, 6.45) is 7.09. The monoisotopic (exact) mass is 653 g/mol. The van der Waals surface area contributed by atoms with E-state index in [0.29, 0.717) is 21.8 Å². The van der Waals surface area contributed by atoms with Gasteiger partial charge in [-0.3, -0.25) is 4.79 Å². The molecular weight excluding hydrogens is 614 g/mol. The van der Waals surface area contributed by atoms with Crippen LogP contribution in [0.4, 0.5) is 5.69 Å². The highest BCUT2D eigenvalue weighted by molar-refractivity contribution is 9.10. The first-order chi connectivity index (χ1) is 20.3. The lowest BCUT2D eigenvalue weighted by molar-refractivity contribution is 0.0699. The van der Waals surface area contributed by atoms with E-state index in [-0.39, 0.29) is 17.0 Å². The molecule has 0 aliphatic heterocycles. The standard InChI is InChI=1S/C22H12BrNO5S.C5H10.C3H6.2C2H6/c23-13-5-6-16-12(7-13)9-17(28-16)20-19(22(26)27)14(10-30-20)24-21(25)18-8-11-3-1-2-4-15(11)29-18;1-3-5-4-2;1-3-2;2*1-2/h1-10H,(H,24,25)(H,26,27);3,5H,4H2,1-2H3;3H,1H2,2H3;2*1-2H3/b;5-3-;;;. The number of halogens is 1. The zero-order chi connectivity index (χ0) is 31.7. The van der Waals surface area contributed by atoms with E-state index in [1.165, 1.54) is 11.3 Å². The van der Waals surface area contributed by atoms with Crippen molar-refractivity contribution in [3.8, 4) is 10.6 Å². The van der Waals surface area contributed by atoms with Gasteiger partial charge in [-0.1, -0.05) is 87.0 Å². The average Bonchev–Trinajstić information content (AvgIpc) is 3.72. The number of fused-ring (bicyclic) bond motifs is 2. The number of para-hydroxylation sites is 1. The van der Waals surface area contributed by atoms with E-state index < -0.39 is 11.9 Å². The number of nitrogens with one attached hydrogen (secondary N) is 1. The van der Waals surface area contributed by atoms with Crippen molar-refractivity contribution < 1.29 is 23.5 Å². The Morgan fingerprint density at radius 3 is 2.19 bits per heavy atom. The molecule has 6 nitrogen and oxygen atoms in total. The Morgan fingerprint density at radius 1 is 0.976 bits per heavy atom. The quantitative estimate of drug-likeness (QED) is 0.184. The molecule has 2 aromatic carbocycles. The maximum absolute atomic E-state index is 12.7. The Morgan fingerprint density at radius 2 is 1.62 bits per heavy atom.